The van der Waals surface area contributed by atoms with Crippen molar-refractivity contribution in [1.29, 1.82) is 0 Å². The van der Waals surface area contributed by atoms with Crippen LogP contribution in [-0.4, -0.2) is 40.5 Å². The largest absolute Gasteiger partial charge is 0.480 e. The van der Waals surface area contributed by atoms with Gasteiger partial charge in [-0.2, -0.15) is 0 Å². The van der Waals surface area contributed by atoms with Crippen LogP contribution in [0.1, 0.15) is 28.8 Å². The fraction of sp³-hybridized carbons (Fsp3) is 0.250. The van der Waals surface area contributed by atoms with E-state index in [9.17, 15) is 14.4 Å². The Morgan fingerprint density at radius 1 is 1.04 bits per heavy atom. The third-order valence-electron chi connectivity index (χ3n) is 4.11. The summed E-state index contributed by atoms with van der Waals surface area (Å²) in [5.41, 5.74) is 1.63. The van der Waals surface area contributed by atoms with Crippen LogP contribution in [-0.2, 0) is 11.3 Å². The van der Waals surface area contributed by atoms with Crippen LogP contribution in [0.25, 0.3) is 0 Å². The quantitative estimate of drug-likeness (QED) is 0.701. The Hall–Kier alpha value is -3.35. The number of carboxylic acid groups (broad SMARTS) is 1. The van der Waals surface area contributed by atoms with Gasteiger partial charge in [-0.25, -0.2) is 4.79 Å². The maximum atomic E-state index is 12.8. The van der Waals surface area contributed by atoms with Gasteiger partial charge in [0.15, 0.2) is 0 Å². The topological polar surface area (TPSA) is 98.7 Å². The molecule has 7 nitrogen and oxygen atoms in total. The molecule has 1 aliphatic carbocycles. The highest BCUT2D eigenvalue weighted by Crippen LogP contribution is 2.19. The number of carbonyl (C=O) groups is 3. The lowest BCUT2D eigenvalue weighted by Crippen LogP contribution is -2.35. The van der Waals surface area contributed by atoms with E-state index in [1.165, 1.54) is 4.90 Å². The molecule has 2 aromatic rings. The van der Waals surface area contributed by atoms with Crippen LogP contribution in [0.5, 0.6) is 0 Å². The van der Waals surface area contributed by atoms with E-state index in [1.807, 2.05) is 30.3 Å². The zero-order valence-corrected chi connectivity index (χ0v) is 14.7. The highest BCUT2D eigenvalue weighted by atomic mass is 16.4. The molecule has 1 aliphatic rings. The molecule has 0 aromatic heterocycles. The molecule has 0 heterocycles. The first-order valence-corrected chi connectivity index (χ1v) is 8.74. The zero-order chi connectivity index (χ0) is 19.2. The summed E-state index contributed by atoms with van der Waals surface area (Å²) in [5, 5.41) is 14.7. The molecule has 1 saturated carbocycles. The lowest BCUT2D eigenvalue weighted by molar-refractivity contribution is -0.137. The summed E-state index contributed by atoms with van der Waals surface area (Å²) in [4.78, 5) is 37.2. The highest BCUT2D eigenvalue weighted by molar-refractivity contribution is 5.98. The summed E-state index contributed by atoms with van der Waals surface area (Å²) in [7, 11) is 0. The minimum absolute atomic E-state index is 0.186. The van der Waals surface area contributed by atoms with Gasteiger partial charge in [0.2, 0.25) is 0 Å². The standard InChI is InChI=1S/C20H21N3O4/c24-18(25)13-23(12-14-5-2-1-3-6-14)19(26)15-7-4-8-17(11-15)22-20(27)21-16-9-10-16/h1-8,11,16H,9-10,12-13H2,(H,24,25)(H2,21,22,27). The molecule has 0 saturated heterocycles. The summed E-state index contributed by atoms with van der Waals surface area (Å²) >= 11 is 0. The SMILES string of the molecule is O=C(O)CN(Cc1ccccc1)C(=O)c1cccc(NC(=O)NC2CC2)c1. The minimum Gasteiger partial charge on any atom is -0.480 e. The van der Waals surface area contributed by atoms with Gasteiger partial charge in [-0.1, -0.05) is 36.4 Å². The molecule has 0 aliphatic heterocycles. The summed E-state index contributed by atoms with van der Waals surface area (Å²) in [6, 6.07) is 15.6. The lowest BCUT2D eigenvalue weighted by Gasteiger charge is -2.21. The van der Waals surface area contributed by atoms with Crippen molar-refractivity contribution in [2.45, 2.75) is 25.4 Å². The third kappa shape index (κ3) is 5.57. The molecule has 3 rings (SSSR count). The van der Waals surface area contributed by atoms with E-state index in [2.05, 4.69) is 10.6 Å². The van der Waals surface area contributed by atoms with Crippen LogP contribution in [0.2, 0.25) is 0 Å². The summed E-state index contributed by atoms with van der Waals surface area (Å²) in [6.07, 6.45) is 1.96. The first-order chi connectivity index (χ1) is 13.0. The molecule has 0 unspecified atom stereocenters. The third-order valence-corrected chi connectivity index (χ3v) is 4.11. The van der Waals surface area contributed by atoms with Gasteiger partial charge in [-0.15, -0.1) is 0 Å². The van der Waals surface area contributed by atoms with Crippen molar-refractivity contribution >= 4 is 23.6 Å². The van der Waals surface area contributed by atoms with Gasteiger partial charge in [0.1, 0.15) is 6.54 Å². The second kappa shape index (κ2) is 8.35. The lowest BCUT2D eigenvalue weighted by atomic mass is 10.1. The van der Waals surface area contributed by atoms with Crippen molar-refractivity contribution in [3.63, 3.8) is 0 Å². The number of aliphatic carboxylic acids is 1. The van der Waals surface area contributed by atoms with Crippen LogP contribution in [0.4, 0.5) is 10.5 Å². The zero-order valence-electron chi connectivity index (χ0n) is 14.7. The number of hydrogen-bond acceptors (Lipinski definition) is 3. The van der Waals surface area contributed by atoms with Crippen molar-refractivity contribution < 1.29 is 19.5 Å². The van der Waals surface area contributed by atoms with Crippen molar-refractivity contribution in [3.8, 4) is 0 Å². The Labute approximate surface area is 157 Å². The number of nitrogens with one attached hydrogen (secondary N) is 2. The fourth-order valence-corrected chi connectivity index (χ4v) is 2.66. The second-order valence-corrected chi connectivity index (χ2v) is 6.49. The molecular weight excluding hydrogens is 346 g/mol. The summed E-state index contributed by atoms with van der Waals surface area (Å²) in [5.74, 6) is -1.50. The number of carbonyl (C=O) groups excluding carboxylic acids is 2. The Morgan fingerprint density at radius 3 is 2.44 bits per heavy atom. The molecule has 1 fully saturated rings. The number of amides is 3. The molecule has 3 amide bonds. The maximum Gasteiger partial charge on any atom is 0.323 e. The Kier molecular flexibility index (Phi) is 5.71. The van der Waals surface area contributed by atoms with Crippen LogP contribution < -0.4 is 10.6 Å². The number of urea groups is 1. The normalized spacial score (nSPS) is 12.9. The molecule has 3 N–H and O–H groups in total. The van der Waals surface area contributed by atoms with Gasteiger partial charge in [-0.3, -0.25) is 9.59 Å². The molecule has 0 spiro atoms. The van der Waals surface area contributed by atoms with Gasteiger partial charge in [0, 0.05) is 23.8 Å². The molecule has 0 bridgehead atoms. The minimum atomic E-state index is -1.09. The first-order valence-electron chi connectivity index (χ1n) is 8.74. The molecule has 27 heavy (non-hydrogen) atoms. The number of anilines is 1. The van der Waals surface area contributed by atoms with Gasteiger partial charge in [0.05, 0.1) is 0 Å². The van der Waals surface area contributed by atoms with E-state index in [1.54, 1.807) is 24.3 Å². The van der Waals surface area contributed by atoms with Gasteiger partial charge >= 0.3 is 12.0 Å². The molecular formula is C20H21N3O4. The Balaban J connectivity index is 1.73. The Bertz CT molecular complexity index is 834. The predicted octanol–water partition coefficient (Wildman–Crippen LogP) is 2.70. The number of carboxylic acids is 1. The number of rotatable bonds is 7. The van der Waals surface area contributed by atoms with Crippen molar-refractivity contribution in [2.75, 3.05) is 11.9 Å². The highest BCUT2D eigenvalue weighted by Gasteiger charge is 2.23. The average Bonchev–Trinajstić information content (AvgIpc) is 3.45. The number of benzene rings is 2. The van der Waals surface area contributed by atoms with E-state index in [4.69, 9.17) is 5.11 Å². The molecule has 2 aromatic carbocycles. The smallest absolute Gasteiger partial charge is 0.323 e. The fourth-order valence-electron chi connectivity index (χ4n) is 2.66. The molecule has 140 valence electrons. The van der Waals surface area contributed by atoms with E-state index < -0.39 is 18.4 Å². The van der Waals surface area contributed by atoms with Crippen LogP contribution >= 0.6 is 0 Å². The average molecular weight is 367 g/mol. The molecule has 0 atom stereocenters. The van der Waals surface area contributed by atoms with Gasteiger partial charge < -0.3 is 20.6 Å². The first kappa shape index (κ1) is 18.4. The van der Waals surface area contributed by atoms with E-state index >= 15 is 0 Å². The summed E-state index contributed by atoms with van der Waals surface area (Å²) in [6.45, 7) is -0.223. The molecule has 0 radical (unpaired) electrons. The Morgan fingerprint density at radius 2 is 1.78 bits per heavy atom. The predicted molar refractivity (Wildman–Crippen MR) is 100 cm³/mol. The number of nitrogens with zero attached hydrogens (tertiary/aromatic N) is 1. The van der Waals surface area contributed by atoms with Crippen LogP contribution in [0.3, 0.4) is 0 Å². The number of hydrogen-bond donors (Lipinski definition) is 3. The van der Waals surface area contributed by atoms with Gasteiger partial charge in [-0.05, 0) is 36.6 Å². The van der Waals surface area contributed by atoms with E-state index in [-0.39, 0.29) is 18.6 Å². The van der Waals surface area contributed by atoms with Crippen molar-refractivity contribution in [1.82, 2.24) is 10.2 Å². The monoisotopic (exact) mass is 367 g/mol. The van der Waals surface area contributed by atoms with Crippen LogP contribution in [0, 0.1) is 0 Å². The molecule has 7 heteroatoms. The van der Waals surface area contributed by atoms with Crippen LogP contribution in [0.15, 0.2) is 54.6 Å². The van der Waals surface area contributed by atoms with Gasteiger partial charge in [0.25, 0.3) is 5.91 Å². The van der Waals surface area contributed by atoms with Crippen molar-refractivity contribution in [3.05, 3.63) is 65.7 Å². The van der Waals surface area contributed by atoms with E-state index in [0.717, 1.165) is 18.4 Å². The van der Waals surface area contributed by atoms with Crippen molar-refractivity contribution in [2.24, 2.45) is 0 Å². The maximum absolute atomic E-state index is 12.8. The second-order valence-electron chi connectivity index (χ2n) is 6.49. The van der Waals surface area contributed by atoms with E-state index in [0.29, 0.717) is 11.3 Å². The summed E-state index contributed by atoms with van der Waals surface area (Å²) < 4.78 is 0.